The maximum absolute atomic E-state index is 12.9. The van der Waals surface area contributed by atoms with Crippen LogP contribution in [-0.2, 0) is 9.47 Å². The first-order chi connectivity index (χ1) is 11.8. The molecule has 0 saturated carbocycles. The van der Waals surface area contributed by atoms with Gasteiger partial charge in [0, 0.05) is 44.3 Å². The van der Waals surface area contributed by atoms with Gasteiger partial charge >= 0.3 is 0 Å². The lowest BCUT2D eigenvalue weighted by Gasteiger charge is -2.50. The van der Waals surface area contributed by atoms with Crippen LogP contribution in [0.15, 0.2) is 30.3 Å². The highest BCUT2D eigenvalue weighted by Gasteiger charge is 2.43. The number of carbonyl (C=O) groups excluding carboxylic acids is 1. The summed E-state index contributed by atoms with van der Waals surface area (Å²) in [5, 5.41) is 0. The van der Waals surface area contributed by atoms with Gasteiger partial charge in [0.25, 0.3) is 5.91 Å². The lowest BCUT2D eigenvalue weighted by molar-refractivity contribution is -0.121. The summed E-state index contributed by atoms with van der Waals surface area (Å²) < 4.78 is 11.7. The molecule has 24 heavy (non-hydrogen) atoms. The van der Waals surface area contributed by atoms with E-state index in [4.69, 9.17) is 9.47 Å². The molecule has 0 spiro atoms. The van der Waals surface area contributed by atoms with Gasteiger partial charge in [-0.15, -0.1) is 0 Å². The Bertz CT molecular complexity index is 559. The number of rotatable bonds is 2. The van der Waals surface area contributed by atoms with Gasteiger partial charge in [0.05, 0.1) is 25.4 Å². The van der Waals surface area contributed by atoms with Crippen LogP contribution in [0.4, 0.5) is 0 Å². The van der Waals surface area contributed by atoms with Gasteiger partial charge in [-0.3, -0.25) is 9.69 Å². The quantitative estimate of drug-likeness (QED) is 0.827. The number of piperidine rings is 1. The van der Waals surface area contributed by atoms with Crippen molar-refractivity contribution in [2.45, 2.75) is 25.0 Å². The Morgan fingerprint density at radius 1 is 1.04 bits per heavy atom. The van der Waals surface area contributed by atoms with Crippen LogP contribution in [0.2, 0.25) is 0 Å². The first-order valence-electron chi connectivity index (χ1n) is 9.10. The van der Waals surface area contributed by atoms with Crippen LogP contribution in [0.25, 0.3) is 0 Å². The molecule has 0 unspecified atom stereocenters. The minimum atomic E-state index is 0.151. The van der Waals surface area contributed by atoms with Crippen molar-refractivity contribution in [2.24, 2.45) is 5.92 Å². The van der Waals surface area contributed by atoms with E-state index in [2.05, 4.69) is 4.90 Å². The van der Waals surface area contributed by atoms with E-state index in [1.807, 2.05) is 35.2 Å². The first kappa shape index (κ1) is 16.1. The third-order valence-corrected chi connectivity index (χ3v) is 5.56. The molecule has 3 saturated heterocycles. The number of nitrogens with zero attached hydrogens (tertiary/aromatic N) is 2. The van der Waals surface area contributed by atoms with E-state index >= 15 is 0 Å². The normalized spacial score (nSPS) is 31.5. The van der Waals surface area contributed by atoms with E-state index in [0.29, 0.717) is 12.0 Å². The molecule has 5 heteroatoms. The molecule has 4 rings (SSSR count). The van der Waals surface area contributed by atoms with E-state index in [9.17, 15) is 4.79 Å². The average molecular weight is 330 g/mol. The second-order valence-electron chi connectivity index (χ2n) is 7.03. The molecule has 1 aromatic carbocycles. The summed E-state index contributed by atoms with van der Waals surface area (Å²) in [6.07, 6.45) is 2.52. The fourth-order valence-electron chi connectivity index (χ4n) is 4.33. The van der Waals surface area contributed by atoms with Gasteiger partial charge in [0.1, 0.15) is 0 Å². The van der Waals surface area contributed by atoms with Crippen molar-refractivity contribution >= 4 is 5.91 Å². The highest BCUT2D eigenvalue weighted by Crippen LogP contribution is 2.32. The van der Waals surface area contributed by atoms with Crippen molar-refractivity contribution in [3.8, 4) is 0 Å². The van der Waals surface area contributed by atoms with Crippen LogP contribution < -0.4 is 0 Å². The molecule has 5 nitrogen and oxygen atoms in total. The summed E-state index contributed by atoms with van der Waals surface area (Å²) in [6.45, 7) is 5.86. The van der Waals surface area contributed by atoms with E-state index in [1.165, 1.54) is 0 Å². The fourth-order valence-corrected chi connectivity index (χ4v) is 4.33. The summed E-state index contributed by atoms with van der Waals surface area (Å²) in [5.41, 5.74) is 0.786. The molecule has 3 atom stereocenters. The fraction of sp³-hybridized carbons (Fsp3) is 0.632. The predicted octanol–water partition coefficient (Wildman–Crippen LogP) is 1.64. The molecule has 0 N–H and O–H groups in total. The maximum Gasteiger partial charge on any atom is 0.253 e. The summed E-state index contributed by atoms with van der Waals surface area (Å²) in [5.74, 6) is 0.603. The highest BCUT2D eigenvalue weighted by atomic mass is 16.5. The zero-order valence-corrected chi connectivity index (χ0v) is 14.1. The molecule has 0 aromatic heterocycles. The van der Waals surface area contributed by atoms with Gasteiger partial charge in [0.2, 0.25) is 0 Å². The number of fused-ring (bicyclic) bond motifs is 1. The smallest absolute Gasteiger partial charge is 0.253 e. The summed E-state index contributed by atoms with van der Waals surface area (Å²) in [6, 6.07) is 9.94. The molecular weight excluding hydrogens is 304 g/mol. The number of amides is 1. The number of likely N-dealkylation sites (tertiary alicyclic amines) is 1. The van der Waals surface area contributed by atoms with Gasteiger partial charge in [-0.05, 0) is 25.0 Å². The largest absolute Gasteiger partial charge is 0.379 e. The summed E-state index contributed by atoms with van der Waals surface area (Å²) >= 11 is 0. The molecular formula is C19H26N2O3. The van der Waals surface area contributed by atoms with Crippen LogP contribution in [-0.4, -0.2) is 73.9 Å². The Morgan fingerprint density at radius 3 is 2.62 bits per heavy atom. The number of morpholine rings is 1. The zero-order valence-electron chi connectivity index (χ0n) is 14.1. The molecule has 3 heterocycles. The maximum atomic E-state index is 12.9. The zero-order chi connectivity index (χ0) is 16.4. The van der Waals surface area contributed by atoms with Crippen LogP contribution in [0.1, 0.15) is 23.2 Å². The Hall–Kier alpha value is -1.43. The summed E-state index contributed by atoms with van der Waals surface area (Å²) in [7, 11) is 0. The van der Waals surface area contributed by atoms with E-state index in [-0.39, 0.29) is 12.0 Å². The Morgan fingerprint density at radius 2 is 1.83 bits per heavy atom. The van der Waals surface area contributed by atoms with Gasteiger partial charge < -0.3 is 14.4 Å². The van der Waals surface area contributed by atoms with Crippen molar-refractivity contribution in [3.05, 3.63) is 35.9 Å². The van der Waals surface area contributed by atoms with Gasteiger partial charge in [-0.2, -0.15) is 0 Å². The number of benzene rings is 1. The molecule has 1 amide bonds. The molecule has 0 aliphatic carbocycles. The van der Waals surface area contributed by atoms with Gasteiger partial charge in [0.15, 0.2) is 0 Å². The monoisotopic (exact) mass is 330 g/mol. The Labute approximate surface area is 143 Å². The van der Waals surface area contributed by atoms with Crippen molar-refractivity contribution in [1.29, 1.82) is 0 Å². The number of hydrogen-bond donors (Lipinski definition) is 0. The van der Waals surface area contributed by atoms with Crippen molar-refractivity contribution in [2.75, 3.05) is 46.0 Å². The topological polar surface area (TPSA) is 42.0 Å². The third-order valence-electron chi connectivity index (χ3n) is 5.56. The standard InChI is InChI=1S/C19H26N2O3/c22-19(15-5-2-1-3-6-15)21-13-16-7-4-10-24-18(16)17(14-21)20-8-11-23-12-9-20/h1-3,5-6,16-18H,4,7-14H2/t16-,17+,18-/m1/s1. The predicted molar refractivity (Wildman–Crippen MR) is 91.0 cm³/mol. The van der Waals surface area contributed by atoms with Gasteiger partial charge in [-0.25, -0.2) is 0 Å². The minimum absolute atomic E-state index is 0.151. The number of ether oxygens (including phenoxy) is 2. The average Bonchev–Trinajstić information content (AvgIpc) is 2.68. The minimum Gasteiger partial charge on any atom is -0.379 e. The van der Waals surface area contributed by atoms with Gasteiger partial charge in [-0.1, -0.05) is 18.2 Å². The summed E-state index contributed by atoms with van der Waals surface area (Å²) in [4.78, 5) is 17.5. The Balaban J connectivity index is 1.54. The molecule has 3 aliphatic heterocycles. The Kier molecular flexibility index (Phi) is 4.83. The molecule has 130 valence electrons. The van der Waals surface area contributed by atoms with E-state index < -0.39 is 0 Å². The lowest BCUT2D eigenvalue weighted by atomic mass is 9.84. The van der Waals surface area contributed by atoms with Crippen LogP contribution >= 0.6 is 0 Å². The number of carbonyl (C=O) groups is 1. The van der Waals surface area contributed by atoms with Crippen LogP contribution in [0, 0.1) is 5.92 Å². The molecule has 3 aliphatic rings. The third kappa shape index (κ3) is 3.21. The van der Waals surface area contributed by atoms with Crippen LogP contribution in [0.5, 0.6) is 0 Å². The second-order valence-corrected chi connectivity index (χ2v) is 7.03. The first-order valence-corrected chi connectivity index (χ1v) is 9.10. The molecule has 0 radical (unpaired) electrons. The lowest BCUT2D eigenvalue weighted by Crippen LogP contribution is -2.63. The second kappa shape index (κ2) is 7.21. The molecule has 0 bridgehead atoms. The van der Waals surface area contributed by atoms with Crippen molar-refractivity contribution in [1.82, 2.24) is 9.80 Å². The van der Waals surface area contributed by atoms with Crippen molar-refractivity contribution in [3.63, 3.8) is 0 Å². The molecule has 1 aromatic rings. The van der Waals surface area contributed by atoms with Crippen LogP contribution in [0.3, 0.4) is 0 Å². The van der Waals surface area contributed by atoms with E-state index in [0.717, 1.165) is 64.4 Å². The molecule has 3 fully saturated rings. The van der Waals surface area contributed by atoms with E-state index in [1.54, 1.807) is 0 Å². The highest BCUT2D eigenvalue weighted by molar-refractivity contribution is 5.94. The number of hydrogen-bond acceptors (Lipinski definition) is 4. The van der Waals surface area contributed by atoms with Crippen molar-refractivity contribution < 1.29 is 14.3 Å². The SMILES string of the molecule is O=C(c1ccccc1)N1C[C@H]2CCCO[C@H]2[C@@H](N2CCOCC2)C1.